The van der Waals surface area contributed by atoms with Crippen molar-refractivity contribution in [1.29, 1.82) is 5.26 Å². The minimum Gasteiger partial charge on any atom is -0.373 e. The summed E-state index contributed by atoms with van der Waals surface area (Å²) in [5.41, 5.74) is 1.09. The highest BCUT2D eigenvalue weighted by Gasteiger charge is 2.11. The van der Waals surface area contributed by atoms with Crippen LogP contribution in [-0.4, -0.2) is 30.6 Å². The van der Waals surface area contributed by atoms with Crippen LogP contribution in [0, 0.1) is 11.3 Å². The maximum absolute atomic E-state index is 8.57. The third kappa shape index (κ3) is 2.60. The molecule has 0 bridgehead atoms. The molecule has 1 heterocycles. The van der Waals surface area contributed by atoms with E-state index in [0.29, 0.717) is 13.0 Å². The van der Waals surface area contributed by atoms with Crippen molar-refractivity contribution in [3.05, 3.63) is 11.9 Å². The van der Waals surface area contributed by atoms with Crippen LogP contribution in [-0.2, 0) is 6.42 Å². The molecule has 0 radical (unpaired) electrons. The number of aromatic nitrogens is 2. The predicted molar refractivity (Wildman–Crippen MR) is 64.5 cm³/mol. The summed E-state index contributed by atoms with van der Waals surface area (Å²) in [5.74, 6) is 1.76. The Labute approximate surface area is 96.1 Å². The number of nitrogens with zero attached hydrogens (tertiary/aromatic N) is 4. The molecule has 1 aromatic rings. The number of hydrogen-bond donors (Lipinski definition) is 1. The summed E-state index contributed by atoms with van der Waals surface area (Å²) in [7, 11) is 3.79. The first-order valence-electron chi connectivity index (χ1n) is 5.34. The van der Waals surface area contributed by atoms with Crippen molar-refractivity contribution in [1.82, 2.24) is 9.97 Å². The molecule has 0 spiro atoms. The Morgan fingerprint density at radius 2 is 2.25 bits per heavy atom. The monoisotopic (exact) mass is 219 g/mol. The summed E-state index contributed by atoms with van der Waals surface area (Å²) < 4.78 is 0. The van der Waals surface area contributed by atoms with Crippen LogP contribution in [0.25, 0.3) is 0 Å². The van der Waals surface area contributed by atoms with Crippen LogP contribution < -0.4 is 10.2 Å². The second kappa shape index (κ2) is 5.91. The molecule has 0 saturated carbocycles. The van der Waals surface area contributed by atoms with Crippen molar-refractivity contribution in [2.75, 3.05) is 30.9 Å². The van der Waals surface area contributed by atoms with Gasteiger partial charge in [0.25, 0.3) is 0 Å². The normalized spacial score (nSPS) is 9.62. The van der Waals surface area contributed by atoms with E-state index < -0.39 is 0 Å². The highest BCUT2D eigenvalue weighted by Crippen LogP contribution is 2.22. The van der Waals surface area contributed by atoms with Crippen molar-refractivity contribution in [3.63, 3.8) is 0 Å². The van der Waals surface area contributed by atoms with Gasteiger partial charge < -0.3 is 10.2 Å². The van der Waals surface area contributed by atoms with E-state index in [0.717, 1.165) is 23.6 Å². The van der Waals surface area contributed by atoms with Gasteiger partial charge in [-0.3, -0.25) is 0 Å². The summed E-state index contributed by atoms with van der Waals surface area (Å²) in [6.07, 6.45) is 2.91. The molecule has 1 rings (SSSR count). The third-order valence-corrected chi connectivity index (χ3v) is 2.43. The highest BCUT2D eigenvalue weighted by molar-refractivity contribution is 5.58. The summed E-state index contributed by atoms with van der Waals surface area (Å²) in [4.78, 5) is 10.4. The lowest BCUT2D eigenvalue weighted by atomic mass is 10.2. The Balaban J connectivity index is 2.98. The van der Waals surface area contributed by atoms with Crippen molar-refractivity contribution < 1.29 is 0 Å². The molecule has 86 valence electrons. The van der Waals surface area contributed by atoms with Gasteiger partial charge in [-0.25, -0.2) is 9.97 Å². The summed E-state index contributed by atoms with van der Waals surface area (Å²) in [6, 6.07) is 2.13. The highest BCUT2D eigenvalue weighted by atomic mass is 15.2. The SMILES string of the molecule is CCc1c(NC)ncnc1N(C)CCC#N. The Morgan fingerprint density at radius 1 is 1.50 bits per heavy atom. The molecule has 1 aromatic heterocycles. The average molecular weight is 219 g/mol. The van der Waals surface area contributed by atoms with E-state index >= 15 is 0 Å². The maximum Gasteiger partial charge on any atom is 0.137 e. The zero-order chi connectivity index (χ0) is 12.0. The lowest BCUT2D eigenvalue weighted by Gasteiger charge is -2.20. The molecule has 0 atom stereocenters. The van der Waals surface area contributed by atoms with Gasteiger partial charge in [0.05, 0.1) is 12.5 Å². The summed E-state index contributed by atoms with van der Waals surface area (Å²) >= 11 is 0. The van der Waals surface area contributed by atoms with Crippen LogP contribution in [0.1, 0.15) is 18.9 Å². The van der Waals surface area contributed by atoms with Gasteiger partial charge in [-0.1, -0.05) is 6.92 Å². The van der Waals surface area contributed by atoms with E-state index in [9.17, 15) is 0 Å². The average Bonchev–Trinajstić information content (AvgIpc) is 2.34. The van der Waals surface area contributed by atoms with Gasteiger partial charge in [0.15, 0.2) is 0 Å². The Hall–Kier alpha value is -1.83. The molecule has 5 heteroatoms. The largest absolute Gasteiger partial charge is 0.373 e. The van der Waals surface area contributed by atoms with E-state index in [2.05, 4.69) is 28.3 Å². The smallest absolute Gasteiger partial charge is 0.137 e. The van der Waals surface area contributed by atoms with Gasteiger partial charge in [-0.15, -0.1) is 0 Å². The van der Waals surface area contributed by atoms with Crippen LogP contribution in [0.15, 0.2) is 6.33 Å². The molecule has 0 aliphatic heterocycles. The number of nitriles is 1. The first-order valence-corrected chi connectivity index (χ1v) is 5.34. The minimum atomic E-state index is 0.499. The van der Waals surface area contributed by atoms with Gasteiger partial charge >= 0.3 is 0 Å². The molecule has 0 saturated heterocycles. The second-order valence-corrected chi connectivity index (χ2v) is 3.46. The van der Waals surface area contributed by atoms with Crippen LogP contribution in [0.5, 0.6) is 0 Å². The second-order valence-electron chi connectivity index (χ2n) is 3.46. The van der Waals surface area contributed by atoms with Gasteiger partial charge in [0.1, 0.15) is 18.0 Å². The van der Waals surface area contributed by atoms with Gasteiger partial charge in [0, 0.05) is 26.2 Å². The standard InChI is InChI=1S/C11H17N5/c1-4-9-10(13-2)14-8-15-11(9)16(3)7-5-6-12/h8H,4-5,7H2,1-3H3,(H,13,14,15). The van der Waals surface area contributed by atoms with Crippen molar-refractivity contribution in [3.8, 4) is 6.07 Å². The van der Waals surface area contributed by atoms with Crippen molar-refractivity contribution >= 4 is 11.6 Å². The van der Waals surface area contributed by atoms with E-state index in [-0.39, 0.29) is 0 Å². The third-order valence-electron chi connectivity index (χ3n) is 2.43. The molecule has 1 N–H and O–H groups in total. The van der Waals surface area contributed by atoms with Crippen LogP contribution in [0.4, 0.5) is 11.6 Å². The van der Waals surface area contributed by atoms with Crippen molar-refractivity contribution in [2.24, 2.45) is 0 Å². The Bertz CT molecular complexity index is 382. The number of anilines is 2. The van der Waals surface area contributed by atoms with Crippen LogP contribution in [0.2, 0.25) is 0 Å². The molecule has 0 aromatic carbocycles. The lowest BCUT2D eigenvalue weighted by molar-refractivity contribution is 0.863. The fourth-order valence-corrected chi connectivity index (χ4v) is 1.60. The predicted octanol–water partition coefficient (Wildman–Crippen LogP) is 1.43. The molecular weight excluding hydrogens is 202 g/mol. The molecule has 16 heavy (non-hydrogen) atoms. The molecule has 0 fully saturated rings. The lowest BCUT2D eigenvalue weighted by Crippen LogP contribution is -2.21. The minimum absolute atomic E-state index is 0.499. The fraction of sp³-hybridized carbons (Fsp3) is 0.545. The molecule has 0 aliphatic rings. The first kappa shape index (κ1) is 12.2. The molecule has 0 amide bonds. The summed E-state index contributed by atoms with van der Waals surface area (Å²) in [6.45, 7) is 2.75. The molecule has 0 aliphatic carbocycles. The molecule has 0 unspecified atom stereocenters. The molecular formula is C11H17N5. The quantitative estimate of drug-likeness (QED) is 0.811. The Morgan fingerprint density at radius 3 is 2.81 bits per heavy atom. The van der Waals surface area contributed by atoms with Gasteiger partial charge in [0.2, 0.25) is 0 Å². The van der Waals surface area contributed by atoms with Gasteiger partial charge in [-0.05, 0) is 6.42 Å². The zero-order valence-electron chi connectivity index (χ0n) is 9.99. The number of rotatable bonds is 5. The van der Waals surface area contributed by atoms with E-state index in [1.54, 1.807) is 6.33 Å². The van der Waals surface area contributed by atoms with Gasteiger partial charge in [-0.2, -0.15) is 5.26 Å². The number of hydrogen-bond acceptors (Lipinski definition) is 5. The van der Waals surface area contributed by atoms with E-state index in [1.165, 1.54) is 0 Å². The van der Waals surface area contributed by atoms with E-state index in [1.807, 2.05) is 19.0 Å². The number of nitrogens with one attached hydrogen (secondary N) is 1. The van der Waals surface area contributed by atoms with Crippen molar-refractivity contribution in [2.45, 2.75) is 19.8 Å². The Kier molecular flexibility index (Phi) is 4.52. The van der Waals surface area contributed by atoms with Crippen LogP contribution >= 0.6 is 0 Å². The first-order chi connectivity index (χ1) is 7.74. The summed E-state index contributed by atoms with van der Waals surface area (Å²) in [5, 5.41) is 11.6. The zero-order valence-corrected chi connectivity index (χ0v) is 9.99. The maximum atomic E-state index is 8.57. The van der Waals surface area contributed by atoms with Crippen LogP contribution in [0.3, 0.4) is 0 Å². The topological polar surface area (TPSA) is 64.8 Å². The molecule has 5 nitrogen and oxygen atoms in total. The fourth-order valence-electron chi connectivity index (χ4n) is 1.60. The van der Waals surface area contributed by atoms with E-state index in [4.69, 9.17) is 5.26 Å².